The summed E-state index contributed by atoms with van der Waals surface area (Å²) in [5.41, 5.74) is 11.7. The number of fused-ring (bicyclic) bond motifs is 1. The lowest BCUT2D eigenvalue weighted by Crippen LogP contribution is -2.08. The van der Waals surface area contributed by atoms with E-state index < -0.39 is 0 Å². The van der Waals surface area contributed by atoms with E-state index in [4.69, 9.17) is 5.73 Å². The molecule has 106 valence electrons. The third-order valence-electron chi connectivity index (χ3n) is 3.60. The fraction of sp³-hybridized carbons (Fsp3) is 0.429. The van der Waals surface area contributed by atoms with Gasteiger partial charge in [0.1, 0.15) is 5.52 Å². The van der Waals surface area contributed by atoms with Crippen LogP contribution in [0.15, 0.2) is 10.8 Å². The second-order valence-electron chi connectivity index (χ2n) is 5.13. The van der Waals surface area contributed by atoms with Crippen LogP contribution in [0.4, 0.5) is 5.95 Å². The van der Waals surface area contributed by atoms with Crippen LogP contribution in [-0.2, 0) is 20.0 Å². The summed E-state index contributed by atoms with van der Waals surface area (Å²) in [6.45, 7) is 5.03. The summed E-state index contributed by atoms with van der Waals surface area (Å²) < 4.78 is 3.95. The molecule has 20 heavy (non-hydrogen) atoms. The molecule has 0 aliphatic heterocycles. The molecule has 3 aromatic rings. The molecule has 0 aromatic carbocycles. The topological polar surface area (TPSA) is 61.7 Å². The minimum absolute atomic E-state index is 0.566. The highest BCUT2D eigenvalue weighted by Gasteiger charge is 2.18. The minimum atomic E-state index is 0.566. The van der Waals surface area contributed by atoms with E-state index in [1.807, 2.05) is 11.7 Å². The molecule has 6 heteroatoms. The number of hydrogen-bond acceptors (Lipinski definition) is 4. The van der Waals surface area contributed by atoms with Crippen molar-refractivity contribution in [3.8, 4) is 0 Å². The molecule has 0 fully saturated rings. The van der Waals surface area contributed by atoms with Crippen LogP contribution in [0.3, 0.4) is 0 Å². The smallest absolute Gasteiger partial charge is 0.202 e. The Labute approximate surface area is 122 Å². The number of anilines is 1. The summed E-state index contributed by atoms with van der Waals surface area (Å²) in [4.78, 5) is 4.52. The zero-order valence-electron chi connectivity index (χ0n) is 12.1. The van der Waals surface area contributed by atoms with Crippen molar-refractivity contribution >= 4 is 28.4 Å². The second kappa shape index (κ2) is 4.94. The van der Waals surface area contributed by atoms with E-state index >= 15 is 0 Å². The Hall–Kier alpha value is -1.82. The van der Waals surface area contributed by atoms with E-state index in [-0.39, 0.29) is 0 Å². The van der Waals surface area contributed by atoms with Crippen LogP contribution in [0.2, 0.25) is 0 Å². The maximum absolute atomic E-state index is 6.11. The van der Waals surface area contributed by atoms with E-state index in [1.165, 1.54) is 11.1 Å². The van der Waals surface area contributed by atoms with Crippen LogP contribution < -0.4 is 5.73 Å². The Morgan fingerprint density at radius 1 is 1.35 bits per heavy atom. The highest BCUT2D eigenvalue weighted by Crippen LogP contribution is 2.24. The molecule has 0 bridgehead atoms. The molecule has 3 rings (SSSR count). The Morgan fingerprint density at radius 2 is 2.15 bits per heavy atom. The molecule has 0 atom stereocenters. The molecule has 3 heterocycles. The first kappa shape index (κ1) is 13.2. The highest BCUT2D eigenvalue weighted by atomic mass is 32.1. The van der Waals surface area contributed by atoms with Gasteiger partial charge in [-0.05, 0) is 35.2 Å². The summed E-state index contributed by atoms with van der Waals surface area (Å²) in [5, 5.41) is 8.90. The fourth-order valence-electron chi connectivity index (χ4n) is 2.54. The third kappa shape index (κ3) is 2.00. The van der Waals surface area contributed by atoms with Gasteiger partial charge in [0, 0.05) is 7.05 Å². The van der Waals surface area contributed by atoms with E-state index in [1.54, 1.807) is 11.3 Å². The first-order chi connectivity index (χ1) is 9.61. The van der Waals surface area contributed by atoms with Crippen molar-refractivity contribution in [2.24, 2.45) is 7.05 Å². The quantitative estimate of drug-likeness (QED) is 0.803. The summed E-state index contributed by atoms with van der Waals surface area (Å²) in [5.74, 6) is 0.566. The summed E-state index contributed by atoms with van der Waals surface area (Å²) in [6.07, 6.45) is 1.99. The first-order valence-corrected chi connectivity index (χ1v) is 7.75. The summed E-state index contributed by atoms with van der Waals surface area (Å²) >= 11 is 1.72. The van der Waals surface area contributed by atoms with Gasteiger partial charge >= 0.3 is 0 Å². The highest BCUT2D eigenvalue weighted by molar-refractivity contribution is 7.08. The number of imidazole rings is 1. The lowest BCUT2D eigenvalue weighted by atomic mass is 10.2. The molecular weight excluding hydrogens is 270 g/mol. The zero-order valence-corrected chi connectivity index (χ0v) is 12.9. The van der Waals surface area contributed by atoms with E-state index in [0.29, 0.717) is 5.95 Å². The van der Waals surface area contributed by atoms with Gasteiger partial charge in [0.2, 0.25) is 5.95 Å². The van der Waals surface area contributed by atoms with Crippen molar-refractivity contribution in [2.45, 2.75) is 33.2 Å². The average molecular weight is 289 g/mol. The number of nitrogens with two attached hydrogens (primary N) is 1. The number of hydrogen-bond donors (Lipinski definition) is 1. The van der Waals surface area contributed by atoms with Gasteiger partial charge in [0.25, 0.3) is 0 Å². The molecule has 2 N–H and O–H groups in total. The summed E-state index contributed by atoms with van der Waals surface area (Å²) in [6, 6.07) is 0. The molecule has 3 aromatic heterocycles. The standard InChI is InChI=1S/C14H19N5S/c1-4-5-11-12-13(18(3)17-11)19(14(15)16-12)6-10-8-20-7-9(10)2/h7-8H,4-6H2,1-3H3,(H2,15,16). The van der Waals surface area contributed by atoms with E-state index in [0.717, 1.165) is 36.2 Å². The fourth-order valence-corrected chi connectivity index (χ4v) is 3.39. The molecule has 0 spiro atoms. The molecular formula is C14H19N5S. The Bertz CT molecular complexity index is 749. The molecule has 5 nitrogen and oxygen atoms in total. The van der Waals surface area contributed by atoms with Crippen LogP contribution in [0.25, 0.3) is 11.2 Å². The Morgan fingerprint density at radius 3 is 2.80 bits per heavy atom. The number of thiophene rings is 1. The van der Waals surface area contributed by atoms with Crippen LogP contribution in [0, 0.1) is 6.92 Å². The van der Waals surface area contributed by atoms with Crippen LogP contribution in [-0.4, -0.2) is 19.3 Å². The van der Waals surface area contributed by atoms with Crippen molar-refractivity contribution in [3.63, 3.8) is 0 Å². The third-order valence-corrected chi connectivity index (χ3v) is 4.51. The average Bonchev–Trinajstić information content (AvgIpc) is 3.02. The van der Waals surface area contributed by atoms with Crippen LogP contribution in [0.5, 0.6) is 0 Å². The van der Waals surface area contributed by atoms with Gasteiger partial charge < -0.3 is 5.73 Å². The van der Waals surface area contributed by atoms with Crippen LogP contribution >= 0.6 is 11.3 Å². The van der Waals surface area contributed by atoms with Crippen molar-refractivity contribution in [2.75, 3.05) is 5.73 Å². The van der Waals surface area contributed by atoms with Crippen molar-refractivity contribution in [1.82, 2.24) is 19.3 Å². The lowest BCUT2D eigenvalue weighted by Gasteiger charge is -2.06. The second-order valence-corrected chi connectivity index (χ2v) is 5.87. The SMILES string of the molecule is CCCc1nn(C)c2c1nc(N)n2Cc1cscc1C. The number of aryl methyl sites for hydroxylation is 3. The molecule has 0 saturated carbocycles. The predicted octanol–water partition coefficient (Wildman–Crippen LogP) is 2.72. The van der Waals surface area contributed by atoms with Gasteiger partial charge in [-0.25, -0.2) is 4.98 Å². The minimum Gasteiger partial charge on any atom is -0.369 e. The number of rotatable bonds is 4. The molecule has 0 aliphatic carbocycles. The van der Waals surface area contributed by atoms with E-state index in [9.17, 15) is 0 Å². The molecule has 0 radical (unpaired) electrons. The monoisotopic (exact) mass is 289 g/mol. The van der Waals surface area contributed by atoms with Crippen LogP contribution in [0.1, 0.15) is 30.2 Å². The lowest BCUT2D eigenvalue weighted by molar-refractivity contribution is 0.711. The molecule has 0 saturated heterocycles. The zero-order chi connectivity index (χ0) is 14.3. The number of aromatic nitrogens is 4. The normalized spacial score (nSPS) is 11.6. The Kier molecular flexibility index (Phi) is 3.25. The first-order valence-electron chi connectivity index (χ1n) is 6.81. The van der Waals surface area contributed by atoms with Crippen molar-refractivity contribution in [3.05, 3.63) is 27.6 Å². The Balaban J connectivity index is 2.11. The van der Waals surface area contributed by atoms with Crippen molar-refractivity contribution < 1.29 is 0 Å². The predicted molar refractivity (Wildman–Crippen MR) is 83.1 cm³/mol. The molecule has 0 unspecified atom stereocenters. The van der Waals surface area contributed by atoms with Gasteiger partial charge in [0.05, 0.1) is 12.2 Å². The van der Waals surface area contributed by atoms with Gasteiger partial charge in [-0.15, -0.1) is 0 Å². The number of nitrogens with zero attached hydrogens (tertiary/aromatic N) is 4. The van der Waals surface area contributed by atoms with E-state index in [2.05, 4.69) is 39.3 Å². The molecule has 0 amide bonds. The van der Waals surface area contributed by atoms with Gasteiger partial charge in [0.15, 0.2) is 5.65 Å². The van der Waals surface area contributed by atoms with Crippen molar-refractivity contribution in [1.29, 1.82) is 0 Å². The largest absolute Gasteiger partial charge is 0.369 e. The van der Waals surface area contributed by atoms with Gasteiger partial charge in [-0.3, -0.25) is 9.25 Å². The maximum atomic E-state index is 6.11. The summed E-state index contributed by atoms with van der Waals surface area (Å²) in [7, 11) is 1.96. The molecule has 0 aliphatic rings. The van der Waals surface area contributed by atoms with Gasteiger partial charge in [-0.2, -0.15) is 16.4 Å². The maximum Gasteiger partial charge on any atom is 0.202 e. The number of nitrogen functional groups attached to an aromatic ring is 1. The van der Waals surface area contributed by atoms with Gasteiger partial charge in [-0.1, -0.05) is 13.3 Å².